The standard InChI is InChI=1S/C20H23NO7S/c1-12-13(2)29-19(18(12)20(24)26-4)21-16(22)11-28-17(23)9-10-27-15-7-5-14(25-3)6-8-15/h5-8H,9-11H2,1-4H3,(H,21,22). The van der Waals surface area contributed by atoms with Crippen molar-refractivity contribution in [2.24, 2.45) is 0 Å². The number of hydrogen-bond acceptors (Lipinski definition) is 8. The molecule has 1 aromatic heterocycles. The van der Waals surface area contributed by atoms with Crippen LogP contribution in [-0.4, -0.2) is 45.3 Å². The first-order valence-corrected chi connectivity index (χ1v) is 9.58. The summed E-state index contributed by atoms with van der Waals surface area (Å²) in [4.78, 5) is 36.7. The van der Waals surface area contributed by atoms with Crippen LogP contribution in [-0.2, 0) is 19.1 Å². The fourth-order valence-corrected chi connectivity index (χ4v) is 3.43. The van der Waals surface area contributed by atoms with Crippen LogP contribution in [0.5, 0.6) is 11.5 Å². The van der Waals surface area contributed by atoms with E-state index in [0.717, 1.165) is 10.4 Å². The molecule has 2 rings (SSSR count). The number of esters is 2. The second-order valence-corrected chi connectivity index (χ2v) is 7.19. The topological polar surface area (TPSA) is 100 Å². The van der Waals surface area contributed by atoms with Gasteiger partial charge in [-0.2, -0.15) is 0 Å². The largest absolute Gasteiger partial charge is 0.497 e. The van der Waals surface area contributed by atoms with Gasteiger partial charge in [-0.25, -0.2) is 4.79 Å². The first-order valence-electron chi connectivity index (χ1n) is 8.76. The molecule has 0 radical (unpaired) electrons. The van der Waals surface area contributed by atoms with E-state index in [1.165, 1.54) is 18.4 Å². The summed E-state index contributed by atoms with van der Waals surface area (Å²) in [6.07, 6.45) is -0.00998. The molecule has 29 heavy (non-hydrogen) atoms. The molecule has 1 aromatic carbocycles. The summed E-state index contributed by atoms with van der Waals surface area (Å²) < 4.78 is 20.2. The van der Waals surface area contributed by atoms with Crippen molar-refractivity contribution in [3.63, 3.8) is 0 Å². The van der Waals surface area contributed by atoms with Gasteiger partial charge in [0, 0.05) is 4.88 Å². The average Bonchev–Trinajstić information content (AvgIpc) is 2.99. The predicted molar refractivity (Wildman–Crippen MR) is 108 cm³/mol. The van der Waals surface area contributed by atoms with Crippen LogP contribution in [0.2, 0.25) is 0 Å². The number of anilines is 1. The maximum atomic E-state index is 12.1. The summed E-state index contributed by atoms with van der Waals surface area (Å²) in [5, 5.41) is 2.97. The number of methoxy groups -OCH3 is 2. The van der Waals surface area contributed by atoms with Gasteiger partial charge < -0.3 is 24.3 Å². The van der Waals surface area contributed by atoms with Crippen molar-refractivity contribution in [1.82, 2.24) is 0 Å². The Morgan fingerprint density at radius 1 is 1.03 bits per heavy atom. The SMILES string of the molecule is COC(=O)c1c(NC(=O)COC(=O)CCOc2ccc(OC)cc2)sc(C)c1C. The van der Waals surface area contributed by atoms with Gasteiger partial charge in [-0.15, -0.1) is 11.3 Å². The number of hydrogen-bond donors (Lipinski definition) is 1. The maximum absolute atomic E-state index is 12.1. The van der Waals surface area contributed by atoms with Gasteiger partial charge in [0.05, 0.1) is 32.8 Å². The van der Waals surface area contributed by atoms with Crippen molar-refractivity contribution in [2.45, 2.75) is 20.3 Å². The van der Waals surface area contributed by atoms with Crippen LogP contribution >= 0.6 is 11.3 Å². The van der Waals surface area contributed by atoms with Gasteiger partial charge in [-0.1, -0.05) is 0 Å². The van der Waals surface area contributed by atoms with Crippen LogP contribution in [0.25, 0.3) is 0 Å². The monoisotopic (exact) mass is 421 g/mol. The number of nitrogens with one attached hydrogen (secondary N) is 1. The van der Waals surface area contributed by atoms with Crippen molar-refractivity contribution in [2.75, 3.05) is 32.8 Å². The van der Waals surface area contributed by atoms with E-state index in [2.05, 4.69) is 5.32 Å². The van der Waals surface area contributed by atoms with E-state index in [0.29, 0.717) is 22.1 Å². The van der Waals surface area contributed by atoms with Gasteiger partial charge in [0.2, 0.25) is 0 Å². The van der Waals surface area contributed by atoms with Crippen molar-refractivity contribution >= 4 is 34.2 Å². The molecule has 1 heterocycles. The summed E-state index contributed by atoms with van der Waals surface area (Å²) in [6.45, 7) is 3.27. The molecule has 0 saturated heterocycles. The van der Waals surface area contributed by atoms with E-state index in [9.17, 15) is 14.4 Å². The first kappa shape index (κ1) is 22.2. The smallest absolute Gasteiger partial charge is 0.341 e. The second-order valence-electron chi connectivity index (χ2n) is 5.96. The lowest BCUT2D eigenvalue weighted by Gasteiger charge is -2.08. The molecule has 1 N–H and O–H groups in total. The highest BCUT2D eigenvalue weighted by Gasteiger charge is 2.21. The van der Waals surface area contributed by atoms with Crippen LogP contribution in [0.3, 0.4) is 0 Å². The molecule has 0 unspecified atom stereocenters. The van der Waals surface area contributed by atoms with E-state index in [4.69, 9.17) is 18.9 Å². The van der Waals surface area contributed by atoms with E-state index >= 15 is 0 Å². The first-order chi connectivity index (χ1) is 13.8. The number of ether oxygens (including phenoxy) is 4. The zero-order chi connectivity index (χ0) is 21.4. The highest BCUT2D eigenvalue weighted by atomic mass is 32.1. The molecule has 156 valence electrons. The number of carbonyl (C=O) groups excluding carboxylic acids is 3. The molecule has 2 aromatic rings. The lowest BCUT2D eigenvalue weighted by molar-refractivity contribution is -0.147. The summed E-state index contributed by atoms with van der Waals surface area (Å²) >= 11 is 1.26. The molecule has 9 heteroatoms. The van der Waals surface area contributed by atoms with E-state index in [1.807, 2.05) is 6.92 Å². The van der Waals surface area contributed by atoms with Crippen molar-refractivity contribution in [3.05, 3.63) is 40.3 Å². The maximum Gasteiger partial charge on any atom is 0.341 e. The van der Waals surface area contributed by atoms with Crippen LogP contribution in [0.1, 0.15) is 27.2 Å². The van der Waals surface area contributed by atoms with Crippen molar-refractivity contribution < 1.29 is 33.3 Å². The summed E-state index contributed by atoms with van der Waals surface area (Å²) in [5.41, 5.74) is 1.05. The van der Waals surface area contributed by atoms with Gasteiger partial charge >= 0.3 is 11.9 Å². The zero-order valence-electron chi connectivity index (χ0n) is 16.7. The number of aryl methyl sites for hydroxylation is 1. The molecule has 0 fully saturated rings. The number of carbonyl (C=O) groups is 3. The molecule has 0 aliphatic heterocycles. The summed E-state index contributed by atoms with van der Waals surface area (Å²) in [5.74, 6) is -0.347. The predicted octanol–water partition coefficient (Wildman–Crippen LogP) is 3.11. The van der Waals surface area contributed by atoms with Crippen molar-refractivity contribution in [3.8, 4) is 11.5 Å². The normalized spacial score (nSPS) is 10.2. The Morgan fingerprint density at radius 2 is 1.69 bits per heavy atom. The Morgan fingerprint density at radius 3 is 2.31 bits per heavy atom. The Hall–Kier alpha value is -3.07. The minimum atomic E-state index is -0.569. The fourth-order valence-electron chi connectivity index (χ4n) is 2.37. The van der Waals surface area contributed by atoms with Gasteiger partial charge in [-0.3, -0.25) is 9.59 Å². The fraction of sp³-hybridized carbons (Fsp3) is 0.350. The molecule has 0 spiro atoms. The third-order valence-electron chi connectivity index (χ3n) is 4.03. The second kappa shape index (κ2) is 10.5. The van der Waals surface area contributed by atoms with Gasteiger partial charge in [0.15, 0.2) is 6.61 Å². The van der Waals surface area contributed by atoms with Gasteiger partial charge in [-0.05, 0) is 43.7 Å². The molecule has 0 atom stereocenters. The van der Waals surface area contributed by atoms with E-state index < -0.39 is 24.5 Å². The quantitative estimate of drug-likeness (QED) is 0.621. The molecule has 0 aliphatic rings. The Labute approximate surface area is 172 Å². The third kappa shape index (κ3) is 6.21. The number of thiophene rings is 1. The average molecular weight is 421 g/mol. The number of amides is 1. The third-order valence-corrected chi connectivity index (χ3v) is 5.15. The molecule has 8 nitrogen and oxygen atoms in total. The number of rotatable bonds is 9. The summed E-state index contributed by atoms with van der Waals surface area (Å²) in [7, 11) is 2.84. The lowest BCUT2D eigenvalue weighted by Crippen LogP contribution is -2.22. The number of benzene rings is 1. The summed E-state index contributed by atoms with van der Waals surface area (Å²) in [6, 6.07) is 6.94. The highest BCUT2D eigenvalue weighted by molar-refractivity contribution is 7.16. The Balaban J connectivity index is 1.78. The molecule has 0 aliphatic carbocycles. The lowest BCUT2D eigenvalue weighted by atomic mass is 10.1. The Bertz CT molecular complexity index is 874. The molecule has 1 amide bonds. The van der Waals surface area contributed by atoms with Crippen molar-refractivity contribution in [1.29, 1.82) is 0 Å². The highest BCUT2D eigenvalue weighted by Crippen LogP contribution is 2.32. The zero-order valence-corrected chi connectivity index (χ0v) is 17.5. The van der Waals surface area contributed by atoms with E-state index in [1.54, 1.807) is 38.3 Å². The van der Waals surface area contributed by atoms with Gasteiger partial charge in [0.1, 0.15) is 16.5 Å². The Kier molecular flexibility index (Phi) is 8.02. The minimum Gasteiger partial charge on any atom is -0.497 e. The molecular weight excluding hydrogens is 398 g/mol. The molecule has 0 bridgehead atoms. The van der Waals surface area contributed by atoms with Crippen LogP contribution in [0, 0.1) is 13.8 Å². The van der Waals surface area contributed by atoms with E-state index in [-0.39, 0.29) is 13.0 Å². The van der Waals surface area contributed by atoms with Gasteiger partial charge in [0.25, 0.3) is 5.91 Å². The van der Waals surface area contributed by atoms with Crippen LogP contribution in [0.15, 0.2) is 24.3 Å². The molecular formula is C20H23NO7S. The minimum absolute atomic E-state index is 0.00998. The van der Waals surface area contributed by atoms with Crippen LogP contribution in [0.4, 0.5) is 5.00 Å². The molecule has 0 saturated carbocycles. The van der Waals surface area contributed by atoms with Crippen LogP contribution < -0.4 is 14.8 Å².